The Kier molecular flexibility index (Phi) is 5.81. The number of nitrogens with zero attached hydrogens (tertiary/aromatic N) is 2. The van der Waals surface area contributed by atoms with Crippen LogP contribution in [0.2, 0.25) is 0 Å². The molecular weight excluding hydrogens is 429 g/mol. The second-order valence-electron chi connectivity index (χ2n) is 4.56. The SMILES string of the molecule is CN(CC#N)S(=O)(=O)Oc1cccc(I)c1Nc1ccccc1. The van der Waals surface area contributed by atoms with Gasteiger partial charge in [0.1, 0.15) is 6.54 Å². The van der Waals surface area contributed by atoms with E-state index in [1.165, 1.54) is 7.05 Å². The minimum Gasteiger partial charge on any atom is -0.368 e. The first-order valence-corrected chi connectivity index (χ1v) is 9.01. The Morgan fingerprint density at radius 1 is 1.22 bits per heavy atom. The van der Waals surface area contributed by atoms with Gasteiger partial charge in [-0.3, -0.25) is 0 Å². The molecule has 2 aromatic carbocycles. The summed E-state index contributed by atoms with van der Waals surface area (Å²) in [6.07, 6.45) is 0. The molecular formula is C15H14IN3O3S. The van der Waals surface area contributed by atoms with Gasteiger partial charge in [0, 0.05) is 16.3 Å². The zero-order valence-electron chi connectivity index (χ0n) is 12.2. The van der Waals surface area contributed by atoms with Gasteiger partial charge in [0.05, 0.1) is 11.8 Å². The molecule has 120 valence electrons. The van der Waals surface area contributed by atoms with Crippen molar-refractivity contribution in [1.29, 1.82) is 5.26 Å². The van der Waals surface area contributed by atoms with Gasteiger partial charge in [-0.25, -0.2) is 0 Å². The quantitative estimate of drug-likeness (QED) is 0.548. The Morgan fingerprint density at radius 3 is 2.57 bits per heavy atom. The number of nitrogens with one attached hydrogen (secondary N) is 1. The van der Waals surface area contributed by atoms with Crippen LogP contribution in [0.4, 0.5) is 11.4 Å². The molecule has 6 nitrogen and oxygen atoms in total. The summed E-state index contributed by atoms with van der Waals surface area (Å²) in [6, 6.07) is 16.2. The average molecular weight is 443 g/mol. The van der Waals surface area contributed by atoms with Crippen LogP contribution >= 0.6 is 22.6 Å². The number of para-hydroxylation sites is 2. The maximum atomic E-state index is 12.1. The smallest absolute Gasteiger partial charge is 0.368 e. The van der Waals surface area contributed by atoms with Crippen molar-refractivity contribution in [2.45, 2.75) is 0 Å². The van der Waals surface area contributed by atoms with E-state index in [2.05, 4.69) is 27.9 Å². The highest BCUT2D eigenvalue weighted by molar-refractivity contribution is 14.1. The number of rotatable bonds is 6. The fourth-order valence-corrected chi connectivity index (χ4v) is 3.03. The van der Waals surface area contributed by atoms with Crippen LogP contribution in [0.5, 0.6) is 5.75 Å². The van der Waals surface area contributed by atoms with Crippen LogP contribution in [0.15, 0.2) is 48.5 Å². The van der Waals surface area contributed by atoms with Gasteiger partial charge >= 0.3 is 10.3 Å². The molecule has 2 rings (SSSR count). The Hall–Kier alpha value is -1.83. The van der Waals surface area contributed by atoms with Crippen LogP contribution in [-0.2, 0) is 10.3 Å². The van der Waals surface area contributed by atoms with E-state index in [4.69, 9.17) is 9.44 Å². The lowest BCUT2D eigenvalue weighted by molar-refractivity contribution is 0.410. The second kappa shape index (κ2) is 7.63. The first kappa shape index (κ1) is 17.5. The van der Waals surface area contributed by atoms with Gasteiger partial charge in [-0.15, -0.1) is 0 Å². The Bertz CT molecular complexity index is 820. The van der Waals surface area contributed by atoms with E-state index < -0.39 is 10.3 Å². The van der Waals surface area contributed by atoms with Crippen molar-refractivity contribution in [2.75, 3.05) is 18.9 Å². The van der Waals surface area contributed by atoms with Crippen LogP contribution in [0, 0.1) is 14.9 Å². The molecule has 0 aromatic heterocycles. The standard InChI is InChI=1S/C15H14IN3O3S/c1-19(11-10-17)23(20,21)22-14-9-5-8-13(16)15(14)18-12-6-3-2-4-7-12/h2-9,18H,11H2,1H3. The average Bonchev–Trinajstić information content (AvgIpc) is 2.52. The molecule has 0 bridgehead atoms. The van der Waals surface area contributed by atoms with Crippen LogP contribution in [0.25, 0.3) is 0 Å². The number of halogens is 1. The van der Waals surface area contributed by atoms with Gasteiger partial charge < -0.3 is 9.50 Å². The molecule has 0 spiro atoms. The van der Waals surface area contributed by atoms with Gasteiger partial charge in [0.15, 0.2) is 5.75 Å². The highest BCUT2D eigenvalue weighted by Gasteiger charge is 2.22. The first-order valence-electron chi connectivity index (χ1n) is 6.57. The van der Waals surface area contributed by atoms with E-state index >= 15 is 0 Å². The topological polar surface area (TPSA) is 82.4 Å². The summed E-state index contributed by atoms with van der Waals surface area (Å²) in [6.45, 7) is -0.284. The Labute approximate surface area is 149 Å². The number of hydrogen-bond donors (Lipinski definition) is 1. The molecule has 0 unspecified atom stereocenters. The maximum absolute atomic E-state index is 12.1. The fourth-order valence-electron chi connectivity index (χ4n) is 1.72. The summed E-state index contributed by atoms with van der Waals surface area (Å²) in [7, 11) is -2.75. The van der Waals surface area contributed by atoms with E-state index in [0.717, 1.165) is 13.6 Å². The maximum Gasteiger partial charge on any atom is 0.385 e. The highest BCUT2D eigenvalue weighted by Crippen LogP contribution is 2.33. The molecule has 0 heterocycles. The lowest BCUT2D eigenvalue weighted by atomic mass is 10.2. The third-order valence-electron chi connectivity index (χ3n) is 2.89. The largest absolute Gasteiger partial charge is 0.385 e. The van der Waals surface area contributed by atoms with E-state index in [0.29, 0.717) is 5.69 Å². The van der Waals surface area contributed by atoms with Gasteiger partial charge in [-0.1, -0.05) is 24.3 Å². The molecule has 0 amide bonds. The van der Waals surface area contributed by atoms with Crippen molar-refractivity contribution in [3.8, 4) is 11.8 Å². The molecule has 0 saturated heterocycles. The number of hydrogen-bond acceptors (Lipinski definition) is 5. The van der Waals surface area contributed by atoms with Crippen LogP contribution in [0.1, 0.15) is 0 Å². The van der Waals surface area contributed by atoms with Gasteiger partial charge in [-0.05, 0) is 46.9 Å². The van der Waals surface area contributed by atoms with Crippen LogP contribution in [0.3, 0.4) is 0 Å². The molecule has 0 aliphatic heterocycles. The number of nitriles is 1. The van der Waals surface area contributed by atoms with Gasteiger partial charge in [-0.2, -0.15) is 18.0 Å². The summed E-state index contributed by atoms with van der Waals surface area (Å²) in [5.74, 6) is 0.172. The van der Waals surface area contributed by atoms with Crippen LogP contribution < -0.4 is 9.50 Å². The molecule has 0 aliphatic rings. The van der Waals surface area contributed by atoms with Crippen LogP contribution in [-0.4, -0.2) is 26.3 Å². The molecule has 0 fully saturated rings. The number of benzene rings is 2. The monoisotopic (exact) mass is 443 g/mol. The molecule has 0 radical (unpaired) electrons. The molecule has 8 heteroatoms. The van der Waals surface area contributed by atoms with Crippen molar-refractivity contribution >= 4 is 44.3 Å². The van der Waals surface area contributed by atoms with Crippen molar-refractivity contribution < 1.29 is 12.6 Å². The van der Waals surface area contributed by atoms with Gasteiger partial charge in [0.25, 0.3) is 0 Å². The normalized spacial score (nSPS) is 11.0. The fraction of sp³-hybridized carbons (Fsp3) is 0.133. The van der Waals surface area contributed by atoms with Crippen molar-refractivity contribution in [3.05, 3.63) is 52.1 Å². The van der Waals surface area contributed by atoms with Crippen molar-refractivity contribution in [3.63, 3.8) is 0 Å². The summed E-state index contributed by atoms with van der Waals surface area (Å²) in [5.41, 5.74) is 1.36. The Balaban J connectivity index is 2.33. The summed E-state index contributed by atoms with van der Waals surface area (Å²) >= 11 is 2.10. The first-order chi connectivity index (χ1) is 10.9. The molecule has 23 heavy (non-hydrogen) atoms. The van der Waals surface area contributed by atoms with Crippen molar-refractivity contribution in [2.24, 2.45) is 0 Å². The lowest BCUT2D eigenvalue weighted by Crippen LogP contribution is -2.31. The molecule has 0 aliphatic carbocycles. The molecule has 0 saturated carbocycles. The third-order valence-corrected chi connectivity index (χ3v) is 5.07. The Morgan fingerprint density at radius 2 is 1.91 bits per heavy atom. The van der Waals surface area contributed by atoms with Gasteiger partial charge in [0.2, 0.25) is 0 Å². The zero-order valence-corrected chi connectivity index (χ0v) is 15.2. The number of anilines is 2. The minimum atomic E-state index is -4.04. The summed E-state index contributed by atoms with van der Waals surface area (Å²) in [4.78, 5) is 0. The summed E-state index contributed by atoms with van der Waals surface area (Å²) in [5, 5.41) is 11.8. The van der Waals surface area contributed by atoms with E-state index in [9.17, 15) is 8.42 Å². The molecule has 0 atom stereocenters. The lowest BCUT2D eigenvalue weighted by Gasteiger charge is -2.17. The van der Waals surface area contributed by atoms with Crippen molar-refractivity contribution in [1.82, 2.24) is 4.31 Å². The molecule has 1 N–H and O–H groups in total. The zero-order chi connectivity index (χ0) is 16.9. The third kappa shape index (κ3) is 4.57. The van der Waals surface area contributed by atoms with E-state index in [1.54, 1.807) is 18.2 Å². The second-order valence-corrected chi connectivity index (χ2v) is 7.37. The van der Waals surface area contributed by atoms with E-state index in [1.807, 2.05) is 36.4 Å². The van der Waals surface area contributed by atoms with E-state index in [-0.39, 0.29) is 12.3 Å². The predicted molar refractivity (Wildman–Crippen MR) is 96.7 cm³/mol. The summed E-state index contributed by atoms with van der Waals surface area (Å²) < 4.78 is 31.1. The minimum absolute atomic E-state index is 0.172. The predicted octanol–water partition coefficient (Wildman–Crippen LogP) is 3.11. The highest BCUT2D eigenvalue weighted by atomic mass is 127. The molecule has 2 aromatic rings.